The van der Waals surface area contributed by atoms with Crippen molar-refractivity contribution in [1.29, 1.82) is 0 Å². The predicted molar refractivity (Wildman–Crippen MR) is 64.6 cm³/mol. The monoisotopic (exact) mass is 265 g/mol. The molecule has 0 saturated carbocycles. The summed E-state index contributed by atoms with van der Waals surface area (Å²) in [5.41, 5.74) is 8.22. The third kappa shape index (κ3) is 2.21. The Morgan fingerprint density at radius 1 is 1.47 bits per heavy atom. The largest absolute Gasteiger partial charge is 0.369 e. The Bertz CT molecular complexity index is 476. The zero-order valence-corrected chi connectivity index (χ0v) is 10.0. The van der Waals surface area contributed by atoms with E-state index in [1.807, 2.05) is 16.8 Å². The highest BCUT2D eigenvalue weighted by Gasteiger charge is 2.02. The van der Waals surface area contributed by atoms with Gasteiger partial charge in [0.15, 0.2) is 5.95 Å². The lowest BCUT2D eigenvalue weighted by Crippen LogP contribution is -2.04. The summed E-state index contributed by atoms with van der Waals surface area (Å²) in [5.74, 6) is 0.550. The standard InChI is InChI=1S/C11H12BrN3/c1-8-2-3-10(12)6-9(8)7-15-5-4-14-11(15)13/h2-6H,7H2,1H3,(H2,13,14). The van der Waals surface area contributed by atoms with Crippen molar-refractivity contribution in [3.63, 3.8) is 0 Å². The number of rotatable bonds is 2. The summed E-state index contributed by atoms with van der Waals surface area (Å²) in [7, 11) is 0. The number of nitrogens with two attached hydrogens (primary N) is 1. The molecule has 78 valence electrons. The van der Waals surface area contributed by atoms with Crippen molar-refractivity contribution in [3.05, 3.63) is 46.2 Å². The molecule has 1 heterocycles. The van der Waals surface area contributed by atoms with Crippen molar-refractivity contribution in [2.45, 2.75) is 13.5 Å². The van der Waals surface area contributed by atoms with Crippen molar-refractivity contribution in [2.75, 3.05) is 5.73 Å². The van der Waals surface area contributed by atoms with E-state index in [1.54, 1.807) is 6.20 Å². The van der Waals surface area contributed by atoms with Gasteiger partial charge in [0.2, 0.25) is 0 Å². The van der Waals surface area contributed by atoms with Crippen LogP contribution in [0.1, 0.15) is 11.1 Å². The van der Waals surface area contributed by atoms with E-state index < -0.39 is 0 Å². The van der Waals surface area contributed by atoms with Gasteiger partial charge in [0.1, 0.15) is 0 Å². The first-order chi connectivity index (χ1) is 7.16. The molecule has 3 nitrogen and oxygen atoms in total. The number of benzene rings is 1. The normalized spacial score (nSPS) is 10.5. The lowest BCUT2D eigenvalue weighted by atomic mass is 10.1. The third-order valence-electron chi connectivity index (χ3n) is 2.40. The minimum absolute atomic E-state index is 0.550. The van der Waals surface area contributed by atoms with Gasteiger partial charge >= 0.3 is 0 Å². The highest BCUT2D eigenvalue weighted by Crippen LogP contribution is 2.17. The molecule has 2 aromatic rings. The molecule has 0 spiro atoms. The van der Waals surface area contributed by atoms with Crippen LogP contribution in [0.5, 0.6) is 0 Å². The molecule has 0 aliphatic carbocycles. The summed E-state index contributed by atoms with van der Waals surface area (Å²) in [6.45, 7) is 2.85. The average molecular weight is 266 g/mol. The number of aromatic nitrogens is 2. The summed E-state index contributed by atoms with van der Waals surface area (Å²) in [6, 6.07) is 6.23. The Morgan fingerprint density at radius 3 is 2.93 bits per heavy atom. The fourth-order valence-electron chi connectivity index (χ4n) is 1.47. The number of nitrogens with zero attached hydrogens (tertiary/aromatic N) is 2. The van der Waals surface area contributed by atoms with Crippen LogP contribution in [0.3, 0.4) is 0 Å². The quantitative estimate of drug-likeness (QED) is 0.907. The van der Waals surface area contributed by atoms with Crippen molar-refractivity contribution in [2.24, 2.45) is 0 Å². The van der Waals surface area contributed by atoms with E-state index in [2.05, 4.69) is 40.0 Å². The summed E-state index contributed by atoms with van der Waals surface area (Å²) in [5, 5.41) is 0. The molecular formula is C11H12BrN3. The molecule has 0 fully saturated rings. The molecule has 0 aliphatic rings. The number of imidazole rings is 1. The molecule has 0 atom stereocenters. The average Bonchev–Trinajstić information content (AvgIpc) is 2.58. The maximum Gasteiger partial charge on any atom is 0.200 e. The topological polar surface area (TPSA) is 43.8 Å². The van der Waals surface area contributed by atoms with Gasteiger partial charge in [-0.3, -0.25) is 0 Å². The Labute approximate surface area is 97.1 Å². The van der Waals surface area contributed by atoms with Gasteiger partial charge in [-0.05, 0) is 30.2 Å². The van der Waals surface area contributed by atoms with Crippen LogP contribution < -0.4 is 5.73 Å². The molecule has 0 unspecified atom stereocenters. The number of hydrogen-bond acceptors (Lipinski definition) is 2. The summed E-state index contributed by atoms with van der Waals surface area (Å²) >= 11 is 3.46. The second kappa shape index (κ2) is 4.06. The molecule has 0 aliphatic heterocycles. The second-order valence-electron chi connectivity index (χ2n) is 3.48. The van der Waals surface area contributed by atoms with Gasteiger partial charge in [-0.15, -0.1) is 0 Å². The Hall–Kier alpha value is -1.29. The van der Waals surface area contributed by atoms with Gasteiger partial charge in [-0.25, -0.2) is 4.98 Å². The summed E-state index contributed by atoms with van der Waals surface area (Å²) in [6.07, 6.45) is 3.60. The zero-order chi connectivity index (χ0) is 10.8. The van der Waals surface area contributed by atoms with Gasteiger partial charge < -0.3 is 10.3 Å². The summed E-state index contributed by atoms with van der Waals surface area (Å²) in [4.78, 5) is 3.99. The smallest absolute Gasteiger partial charge is 0.200 e. The van der Waals surface area contributed by atoms with Crippen molar-refractivity contribution < 1.29 is 0 Å². The van der Waals surface area contributed by atoms with E-state index in [0.29, 0.717) is 5.95 Å². The molecule has 1 aromatic carbocycles. The lowest BCUT2D eigenvalue weighted by Gasteiger charge is -2.08. The van der Waals surface area contributed by atoms with E-state index in [4.69, 9.17) is 5.73 Å². The molecule has 15 heavy (non-hydrogen) atoms. The van der Waals surface area contributed by atoms with E-state index in [1.165, 1.54) is 11.1 Å². The molecule has 0 amide bonds. The number of aryl methyl sites for hydroxylation is 1. The number of nitrogen functional groups attached to an aromatic ring is 1. The van der Waals surface area contributed by atoms with Crippen LogP contribution in [0.2, 0.25) is 0 Å². The summed E-state index contributed by atoms with van der Waals surface area (Å²) < 4.78 is 3.01. The van der Waals surface area contributed by atoms with Crippen LogP contribution in [-0.4, -0.2) is 9.55 Å². The maximum atomic E-state index is 5.72. The first kappa shape index (κ1) is 10.2. The van der Waals surface area contributed by atoms with Crippen molar-refractivity contribution in [1.82, 2.24) is 9.55 Å². The van der Waals surface area contributed by atoms with Crippen LogP contribution in [0.25, 0.3) is 0 Å². The van der Waals surface area contributed by atoms with Gasteiger partial charge in [0.05, 0.1) is 6.54 Å². The number of anilines is 1. The SMILES string of the molecule is Cc1ccc(Br)cc1Cn1ccnc1N. The molecule has 1 aromatic heterocycles. The van der Waals surface area contributed by atoms with Crippen molar-refractivity contribution in [3.8, 4) is 0 Å². The number of halogens is 1. The van der Waals surface area contributed by atoms with Crippen LogP contribution in [0.4, 0.5) is 5.95 Å². The molecule has 2 rings (SSSR count). The highest BCUT2D eigenvalue weighted by molar-refractivity contribution is 9.10. The Morgan fingerprint density at radius 2 is 2.27 bits per heavy atom. The fraction of sp³-hybridized carbons (Fsp3) is 0.182. The van der Waals surface area contributed by atoms with Crippen LogP contribution in [0, 0.1) is 6.92 Å². The molecule has 4 heteroatoms. The lowest BCUT2D eigenvalue weighted by molar-refractivity contribution is 0.805. The molecule has 2 N–H and O–H groups in total. The van der Waals surface area contributed by atoms with Crippen LogP contribution in [-0.2, 0) is 6.54 Å². The maximum absolute atomic E-state index is 5.72. The molecule has 0 bridgehead atoms. The van der Waals surface area contributed by atoms with Crippen LogP contribution >= 0.6 is 15.9 Å². The second-order valence-corrected chi connectivity index (χ2v) is 4.40. The minimum atomic E-state index is 0.550. The van der Waals surface area contributed by atoms with E-state index in [0.717, 1.165) is 11.0 Å². The first-order valence-corrected chi connectivity index (χ1v) is 5.48. The van der Waals surface area contributed by atoms with E-state index in [9.17, 15) is 0 Å². The highest BCUT2D eigenvalue weighted by atomic mass is 79.9. The predicted octanol–water partition coefficient (Wildman–Crippen LogP) is 2.58. The fourth-order valence-corrected chi connectivity index (χ4v) is 1.88. The van der Waals surface area contributed by atoms with Gasteiger partial charge in [-0.1, -0.05) is 22.0 Å². The Balaban J connectivity index is 2.32. The van der Waals surface area contributed by atoms with Crippen LogP contribution in [0.15, 0.2) is 35.1 Å². The molecule has 0 radical (unpaired) electrons. The zero-order valence-electron chi connectivity index (χ0n) is 8.44. The number of hydrogen-bond donors (Lipinski definition) is 1. The van der Waals surface area contributed by atoms with Crippen molar-refractivity contribution >= 4 is 21.9 Å². The van der Waals surface area contributed by atoms with E-state index >= 15 is 0 Å². The van der Waals surface area contributed by atoms with E-state index in [-0.39, 0.29) is 0 Å². The molecular weight excluding hydrogens is 254 g/mol. The first-order valence-electron chi connectivity index (χ1n) is 4.68. The van der Waals surface area contributed by atoms with Gasteiger partial charge in [0.25, 0.3) is 0 Å². The van der Waals surface area contributed by atoms with Gasteiger partial charge in [0, 0.05) is 16.9 Å². The van der Waals surface area contributed by atoms with Gasteiger partial charge in [-0.2, -0.15) is 0 Å². The minimum Gasteiger partial charge on any atom is -0.369 e. The third-order valence-corrected chi connectivity index (χ3v) is 2.89. The Kier molecular flexibility index (Phi) is 2.77. The molecule has 0 saturated heterocycles.